The Morgan fingerprint density at radius 1 is 1.30 bits per heavy atom. The summed E-state index contributed by atoms with van der Waals surface area (Å²) in [5.74, 6) is 0. The Bertz CT molecular complexity index is 675. The number of aryl methyl sites for hydroxylation is 1. The van der Waals surface area contributed by atoms with Crippen LogP contribution >= 0.6 is 0 Å². The zero-order chi connectivity index (χ0) is 14.8. The van der Waals surface area contributed by atoms with E-state index in [1.165, 1.54) is 0 Å². The average Bonchev–Trinajstić information content (AvgIpc) is 2.82. The lowest BCUT2D eigenvalue weighted by Crippen LogP contribution is -2.24. The monoisotopic (exact) mass is 294 g/mol. The molecule has 0 saturated heterocycles. The van der Waals surface area contributed by atoms with E-state index in [4.69, 9.17) is 5.73 Å². The normalized spacial score (nSPS) is 13.3. The fraction of sp³-hybridized carbons (Fsp3) is 0.308. The molecule has 1 atom stereocenters. The summed E-state index contributed by atoms with van der Waals surface area (Å²) in [5.41, 5.74) is 7.43. The molecule has 3 N–H and O–H groups in total. The lowest BCUT2D eigenvalue weighted by molar-refractivity contribution is 0.577. The lowest BCUT2D eigenvalue weighted by atomic mass is 10.1. The molecule has 0 aliphatic carbocycles. The molecule has 1 heterocycles. The molecule has 0 saturated carbocycles. The van der Waals surface area contributed by atoms with Crippen molar-refractivity contribution in [3.05, 3.63) is 47.8 Å². The molecule has 0 aliphatic rings. The predicted molar refractivity (Wildman–Crippen MR) is 76.3 cm³/mol. The molecule has 1 aromatic heterocycles. The van der Waals surface area contributed by atoms with Crippen LogP contribution in [-0.4, -0.2) is 18.2 Å². The number of aromatic nitrogens is 2. The SMILES string of the molecule is CC(N)c1ccc(S(=O)(=O)NCc2ccnn2C)cc1. The molecule has 1 aromatic carbocycles. The van der Waals surface area contributed by atoms with Gasteiger partial charge in [0.25, 0.3) is 0 Å². The number of nitrogens with zero attached hydrogens (tertiary/aromatic N) is 2. The van der Waals surface area contributed by atoms with Crippen molar-refractivity contribution in [1.29, 1.82) is 0 Å². The van der Waals surface area contributed by atoms with Crippen LogP contribution in [0.2, 0.25) is 0 Å². The molecule has 0 aliphatic heterocycles. The number of nitrogens with one attached hydrogen (secondary N) is 1. The third kappa shape index (κ3) is 3.24. The van der Waals surface area contributed by atoms with Crippen LogP contribution in [0.15, 0.2) is 41.4 Å². The van der Waals surface area contributed by atoms with Crippen LogP contribution in [-0.2, 0) is 23.6 Å². The van der Waals surface area contributed by atoms with Gasteiger partial charge in [0, 0.05) is 19.3 Å². The fourth-order valence-electron chi connectivity index (χ4n) is 1.78. The minimum Gasteiger partial charge on any atom is -0.324 e. The van der Waals surface area contributed by atoms with E-state index in [0.29, 0.717) is 0 Å². The van der Waals surface area contributed by atoms with E-state index < -0.39 is 10.0 Å². The second kappa shape index (κ2) is 5.74. The Balaban J connectivity index is 2.12. The molecule has 108 valence electrons. The molecule has 0 spiro atoms. The quantitative estimate of drug-likeness (QED) is 0.858. The molecule has 7 heteroatoms. The highest BCUT2D eigenvalue weighted by Crippen LogP contribution is 2.14. The van der Waals surface area contributed by atoms with Crippen molar-refractivity contribution in [3.8, 4) is 0 Å². The van der Waals surface area contributed by atoms with E-state index in [1.54, 1.807) is 48.3 Å². The summed E-state index contributed by atoms with van der Waals surface area (Å²) < 4.78 is 28.5. The van der Waals surface area contributed by atoms with Gasteiger partial charge in [-0.15, -0.1) is 0 Å². The summed E-state index contributed by atoms with van der Waals surface area (Å²) in [5, 5.41) is 3.99. The van der Waals surface area contributed by atoms with Gasteiger partial charge >= 0.3 is 0 Å². The van der Waals surface area contributed by atoms with E-state index in [2.05, 4.69) is 9.82 Å². The van der Waals surface area contributed by atoms with Gasteiger partial charge in [0.1, 0.15) is 0 Å². The van der Waals surface area contributed by atoms with Gasteiger partial charge in [-0.25, -0.2) is 13.1 Å². The van der Waals surface area contributed by atoms with E-state index in [1.807, 2.05) is 6.92 Å². The highest BCUT2D eigenvalue weighted by atomic mass is 32.2. The number of nitrogens with two attached hydrogens (primary N) is 1. The molecule has 0 bridgehead atoms. The Labute approximate surface area is 118 Å². The molecule has 0 fully saturated rings. The summed E-state index contributed by atoms with van der Waals surface area (Å²) in [6.45, 7) is 2.05. The van der Waals surface area contributed by atoms with Crippen LogP contribution in [0.1, 0.15) is 24.2 Å². The summed E-state index contributed by atoms with van der Waals surface area (Å²) in [7, 11) is -1.76. The van der Waals surface area contributed by atoms with Crippen molar-refractivity contribution in [2.75, 3.05) is 0 Å². The summed E-state index contributed by atoms with van der Waals surface area (Å²) in [6.07, 6.45) is 1.63. The van der Waals surface area contributed by atoms with E-state index in [-0.39, 0.29) is 17.5 Å². The van der Waals surface area contributed by atoms with Gasteiger partial charge in [0.15, 0.2) is 0 Å². The van der Waals surface area contributed by atoms with Gasteiger partial charge in [0.05, 0.1) is 17.1 Å². The molecule has 0 radical (unpaired) electrons. The van der Waals surface area contributed by atoms with Crippen molar-refractivity contribution in [2.45, 2.75) is 24.4 Å². The van der Waals surface area contributed by atoms with Gasteiger partial charge in [-0.3, -0.25) is 4.68 Å². The zero-order valence-electron chi connectivity index (χ0n) is 11.4. The van der Waals surface area contributed by atoms with Gasteiger partial charge in [0.2, 0.25) is 10.0 Å². The topological polar surface area (TPSA) is 90.0 Å². The lowest BCUT2D eigenvalue weighted by Gasteiger charge is -2.09. The second-order valence-electron chi connectivity index (χ2n) is 4.63. The number of hydrogen-bond donors (Lipinski definition) is 2. The Kier molecular flexibility index (Phi) is 4.22. The van der Waals surface area contributed by atoms with Crippen LogP contribution in [0.3, 0.4) is 0 Å². The standard InChI is InChI=1S/C13H18N4O2S/c1-10(14)11-3-5-13(6-4-11)20(18,19)16-9-12-7-8-15-17(12)2/h3-8,10,16H,9,14H2,1-2H3. The summed E-state index contributed by atoms with van der Waals surface area (Å²) in [6, 6.07) is 8.22. The highest BCUT2D eigenvalue weighted by Gasteiger charge is 2.14. The maximum atomic E-state index is 12.1. The third-order valence-electron chi connectivity index (χ3n) is 3.08. The molecule has 1 unspecified atom stereocenters. The second-order valence-corrected chi connectivity index (χ2v) is 6.40. The van der Waals surface area contributed by atoms with Gasteiger partial charge in [-0.05, 0) is 30.7 Å². The Hall–Kier alpha value is -1.70. The third-order valence-corrected chi connectivity index (χ3v) is 4.50. The Morgan fingerprint density at radius 3 is 2.45 bits per heavy atom. The predicted octanol–water partition coefficient (Wildman–Crippen LogP) is 0.918. The van der Waals surface area contributed by atoms with E-state index in [0.717, 1.165) is 11.3 Å². The molecule has 20 heavy (non-hydrogen) atoms. The van der Waals surface area contributed by atoms with Crippen LogP contribution in [0.25, 0.3) is 0 Å². The Morgan fingerprint density at radius 2 is 1.95 bits per heavy atom. The van der Waals surface area contributed by atoms with Crippen LogP contribution in [0.4, 0.5) is 0 Å². The minimum atomic E-state index is -3.53. The molecule has 6 nitrogen and oxygen atoms in total. The number of hydrogen-bond acceptors (Lipinski definition) is 4. The van der Waals surface area contributed by atoms with Gasteiger partial charge < -0.3 is 5.73 Å². The smallest absolute Gasteiger partial charge is 0.240 e. The van der Waals surface area contributed by atoms with Crippen molar-refractivity contribution < 1.29 is 8.42 Å². The van der Waals surface area contributed by atoms with E-state index >= 15 is 0 Å². The van der Waals surface area contributed by atoms with Crippen molar-refractivity contribution in [1.82, 2.24) is 14.5 Å². The maximum absolute atomic E-state index is 12.1. The minimum absolute atomic E-state index is 0.117. The molecular formula is C13H18N4O2S. The first kappa shape index (κ1) is 14.7. The zero-order valence-corrected chi connectivity index (χ0v) is 12.3. The van der Waals surface area contributed by atoms with Crippen molar-refractivity contribution >= 4 is 10.0 Å². The average molecular weight is 294 g/mol. The van der Waals surface area contributed by atoms with Crippen LogP contribution in [0.5, 0.6) is 0 Å². The molecule has 2 rings (SSSR count). The first-order chi connectivity index (χ1) is 9.40. The van der Waals surface area contributed by atoms with Crippen LogP contribution in [0, 0.1) is 0 Å². The maximum Gasteiger partial charge on any atom is 0.240 e. The summed E-state index contributed by atoms with van der Waals surface area (Å²) >= 11 is 0. The number of rotatable bonds is 5. The molecular weight excluding hydrogens is 276 g/mol. The van der Waals surface area contributed by atoms with Crippen LogP contribution < -0.4 is 10.5 Å². The number of sulfonamides is 1. The first-order valence-corrected chi connectivity index (χ1v) is 7.70. The van der Waals surface area contributed by atoms with E-state index in [9.17, 15) is 8.42 Å². The fourth-order valence-corrected chi connectivity index (χ4v) is 2.78. The van der Waals surface area contributed by atoms with Crippen molar-refractivity contribution in [3.63, 3.8) is 0 Å². The first-order valence-electron chi connectivity index (χ1n) is 6.22. The van der Waals surface area contributed by atoms with Gasteiger partial charge in [-0.1, -0.05) is 12.1 Å². The highest BCUT2D eigenvalue weighted by molar-refractivity contribution is 7.89. The van der Waals surface area contributed by atoms with Crippen molar-refractivity contribution in [2.24, 2.45) is 12.8 Å². The molecule has 0 amide bonds. The van der Waals surface area contributed by atoms with Gasteiger partial charge in [-0.2, -0.15) is 5.10 Å². The molecule has 2 aromatic rings. The largest absolute Gasteiger partial charge is 0.324 e. The summed E-state index contributed by atoms with van der Waals surface area (Å²) in [4.78, 5) is 0.226. The number of benzene rings is 1.